The third-order valence-corrected chi connectivity index (χ3v) is 6.88. The van der Waals surface area contributed by atoms with E-state index >= 15 is 0 Å². The number of carboxylic acids is 1. The van der Waals surface area contributed by atoms with E-state index in [2.05, 4.69) is 5.32 Å². The van der Waals surface area contributed by atoms with E-state index in [-0.39, 0.29) is 17.7 Å². The summed E-state index contributed by atoms with van der Waals surface area (Å²) in [5, 5.41) is 11.6. The summed E-state index contributed by atoms with van der Waals surface area (Å²) in [6, 6.07) is 8.76. The molecule has 0 aromatic heterocycles. The Balaban J connectivity index is 1.81. The normalized spacial score (nSPS) is 34.9. The molecule has 0 bridgehead atoms. The molecule has 114 valence electrons. The average molecular weight is 309 g/mol. The van der Waals surface area contributed by atoms with Crippen molar-refractivity contribution in [1.82, 2.24) is 5.32 Å². The van der Waals surface area contributed by atoms with Crippen molar-refractivity contribution < 1.29 is 18.3 Å². The van der Waals surface area contributed by atoms with Gasteiger partial charge in [-0.3, -0.25) is 10.1 Å². The number of rotatable bonds is 2. The van der Waals surface area contributed by atoms with Crippen LogP contribution in [-0.2, 0) is 14.6 Å². The molecule has 6 heteroatoms. The van der Waals surface area contributed by atoms with Gasteiger partial charge in [0.2, 0.25) is 0 Å². The molecule has 2 aliphatic rings. The van der Waals surface area contributed by atoms with Crippen molar-refractivity contribution in [3.63, 3.8) is 0 Å². The second-order valence-corrected chi connectivity index (χ2v) is 8.22. The minimum atomic E-state index is -3.36. The van der Waals surface area contributed by atoms with Crippen molar-refractivity contribution >= 4 is 15.8 Å². The smallest absolute Gasteiger partial charge is 0.321 e. The molecule has 1 aliphatic heterocycles. The zero-order valence-electron chi connectivity index (χ0n) is 11.6. The van der Waals surface area contributed by atoms with E-state index in [0.717, 1.165) is 6.42 Å². The van der Waals surface area contributed by atoms with Crippen molar-refractivity contribution in [1.29, 1.82) is 0 Å². The van der Waals surface area contributed by atoms with Crippen LogP contribution in [0.1, 0.15) is 30.7 Å². The van der Waals surface area contributed by atoms with Crippen molar-refractivity contribution in [3.05, 3.63) is 35.9 Å². The van der Waals surface area contributed by atoms with Crippen LogP contribution in [0, 0.1) is 0 Å². The highest BCUT2D eigenvalue weighted by atomic mass is 32.2. The van der Waals surface area contributed by atoms with Crippen molar-refractivity contribution in [2.45, 2.75) is 42.5 Å². The van der Waals surface area contributed by atoms with Gasteiger partial charge < -0.3 is 5.11 Å². The maximum atomic E-state index is 12.4. The summed E-state index contributed by atoms with van der Waals surface area (Å²) in [5.74, 6) is -1.14. The molecule has 1 saturated heterocycles. The predicted molar refractivity (Wildman–Crippen MR) is 79.0 cm³/mol. The van der Waals surface area contributed by atoms with E-state index in [1.54, 1.807) is 0 Å². The lowest BCUT2D eigenvalue weighted by Gasteiger charge is -2.41. The van der Waals surface area contributed by atoms with Gasteiger partial charge in [0.05, 0.1) is 11.0 Å². The number of hydrogen-bond donors (Lipinski definition) is 2. The SMILES string of the molecule is O=C(O)C1CS(=O)(=O)C2CC(c3ccccc3)CCC2N1. The maximum absolute atomic E-state index is 12.4. The Hall–Kier alpha value is -1.40. The number of aliphatic carboxylic acids is 1. The number of benzene rings is 1. The fourth-order valence-electron chi connectivity index (χ4n) is 3.55. The molecule has 1 aliphatic carbocycles. The summed E-state index contributed by atoms with van der Waals surface area (Å²) in [6.07, 6.45) is 2.17. The van der Waals surface area contributed by atoms with Crippen LogP contribution in [0.15, 0.2) is 30.3 Å². The number of fused-ring (bicyclic) bond motifs is 1. The second kappa shape index (κ2) is 5.42. The van der Waals surface area contributed by atoms with Crippen LogP contribution < -0.4 is 5.32 Å². The van der Waals surface area contributed by atoms with Gasteiger partial charge in [0.25, 0.3) is 0 Å². The van der Waals surface area contributed by atoms with Crippen LogP contribution in [0.5, 0.6) is 0 Å². The molecule has 4 atom stereocenters. The minimum Gasteiger partial charge on any atom is -0.480 e. The summed E-state index contributed by atoms with van der Waals surface area (Å²) in [5.41, 5.74) is 1.17. The predicted octanol–water partition coefficient (Wildman–Crippen LogP) is 1.16. The number of hydrogen-bond acceptors (Lipinski definition) is 4. The Labute approximate surface area is 124 Å². The standard InChI is InChI=1S/C15H19NO4S/c17-15(18)13-9-21(19,20)14-8-11(6-7-12(14)16-13)10-4-2-1-3-5-10/h1-5,11-14,16H,6-9H2,(H,17,18). The fourth-order valence-corrected chi connectivity index (χ4v) is 5.74. The minimum absolute atomic E-state index is 0.232. The van der Waals surface area contributed by atoms with Crippen molar-refractivity contribution in [2.75, 3.05) is 5.75 Å². The molecule has 0 radical (unpaired) electrons. The lowest BCUT2D eigenvalue weighted by Crippen LogP contribution is -2.61. The second-order valence-electron chi connectivity index (χ2n) is 5.95. The van der Waals surface area contributed by atoms with Crippen LogP contribution in [0.3, 0.4) is 0 Å². The Kier molecular flexibility index (Phi) is 3.75. The van der Waals surface area contributed by atoms with Crippen molar-refractivity contribution in [3.8, 4) is 0 Å². The molecular formula is C15H19NO4S. The Morgan fingerprint density at radius 2 is 1.90 bits per heavy atom. The van der Waals surface area contributed by atoms with Crippen LogP contribution in [0.2, 0.25) is 0 Å². The van der Waals surface area contributed by atoms with Gasteiger partial charge in [-0.2, -0.15) is 0 Å². The zero-order valence-corrected chi connectivity index (χ0v) is 12.4. The highest BCUT2D eigenvalue weighted by Crippen LogP contribution is 2.38. The number of nitrogens with one attached hydrogen (secondary N) is 1. The first-order valence-electron chi connectivity index (χ1n) is 7.23. The topological polar surface area (TPSA) is 83.5 Å². The zero-order chi connectivity index (χ0) is 15.0. The monoisotopic (exact) mass is 309 g/mol. The molecule has 5 nitrogen and oxygen atoms in total. The third-order valence-electron chi connectivity index (χ3n) is 4.64. The van der Waals surface area contributed by atoms with Gasteiger partial charge in [0, 0.05) is 6.04 Å². The molecule has 21 heavy (non-hydrogen) atoms. The van der Waals surface area contributed by atoms with E-state index in [1.165, 1.54) is 5.56 Å². The lowest BCUT2D eigenvalue weighted by molar-refractivity contribution is -0.139. The Morgan fingerprint density at radius 1 is 1.19 bits per heavy atom. The first-order valence-corrected chi connectivity index (χ1v) is 8.94. The molecule has 4 unspecified atom stereocenters. The van der Waals surface area contributed by atoms with Crippen LogP contribution in [0.25, 0.3) is 0 Å². The first-order chi connectivity index (χ1) is 9.97. The van der Waals surface area contributed by atoms with E-state index < -0.39 is 27.1 Å². The van der Waals surface area contributed by atoms with Crippen LogP contribution in [-0.4, -0.2) is 42.6 Å². The molecule has 2 fully saturated rings. The molecular weight excluding hydrogens is 290 g/mol. The summed E-state index contributed by atoms with van der Waals surface area (Å²) >= 11 is 0. The van der Waals surface area contributed by atoms with Gasteiger partial charge in [-0.15, -0.1) is 0 Å². The quantitative estimate of drug-likeness (QED) is 0.856. The molecule has 3 rings (SSSR count). The van der Waals surface area contributed by atoms with Gasteiger partial charge in [0.15, 0.2) is 9.84 Å². The van der Waals surface area contributed by atoms with E-state index in [1.807, 2.05) is 30.3 Å². The molecule has 1 saturated carbocycles. The van der Waals surface area contributed by atoms with Gasteiger partial charge in [-0.05, 0) is 30.7 Å². The van der Waals surface area contributed by atoms with Crippen molar-refractivity contribution in [2.24, 2.45) is 0 Å². The molecule has 2 N–H and O–H groups in total. The molecule has 1 heterocycles. The molecule has 1 aromatic carbocycles. The average Bonchev–Trinajstić information content (AvgIpc) is 2.47. The number of sulfone groups is 1. The van der Waals surface area contributed by atoms with E-state index in [4.69, 9.17) is 5.11 Å². The summed E-state index contributed by atoms with van der Waals surface area (Å²) < 4.78 is 24.8. The van der Waals surface area contributed by atoms with Gasteiger partial charge in [-0.1, -0.05) is 30.3 Å². The molecule has 0 spiro atoms. The Morgan fingerprint density at radius 3 is 2.57 bits per heavy atom. The molecule has 0 amide bonds. The number of carboxylic acid groups (broad SMARTS) is 1. The highest BCUT2D eigenvalue weighted by molar-refractivity contribution is 7.92. The lowest BCUT2D eigenvalue weighted by atomic mass is 9.81. The summed E-state index contributed by atoms with van der Waals surface area (Å²) in [6.45, 7) is 0. The van der Waals surface area contributed by atoms with E-state index in [9.17, 15) is 13.2 Å². The van der Waals surface area contributed by atoms with Crippen LogP contribution >= 0.6 is 0 Å². The van der Waals surface area contributed by atoms with Gasteiger partial charge in [-0.25, -0.2) is 8.42 Å². The number of carbonyl (C=O) groups is 1. The van der Waals surface area contributed by atoms with Crippen LogP contribution in [0.4, 0.5) is 0 Å². The maximum Gasteiger partial charge on any atom is 0.321 e. The summed E-state index contributed by atoms with van der Waals surface area (Å²) in [4.78, 5) is 11.1. The summed E-state index contributed by atoms with van der Waals surface area (Å²) in [7, 11) is -3.36. The van der Waals surface area contributed by atoms with Gasteiger partial charge >= 0.3 is 5.97 Å². The fraction of sp³-hybridized carbons (Fsp3) is 0.533. The molecule has 1 aromatic rings. The third kappa shape index (κ3) is 2.82. The highest BCUT2D eigenvalue weighted by Gasteiger charge is 2.46. The largest absolute Gasteiger partial charge is 0.480 e. The Bertz CT molecular complexity index is 628. The first kappa shape index (κ1) is 14.5. The van der Waals surface area contributed by atoms with Gasteiger partial charge in [0.1, 0.15) is 6.04 Å². The van der Waals surface area contributed by atoms with E-state index in [0.29, 0.717) is 12.8 Å².